The second-order valence-corrected chi connectivity index (χ2v) is 8.63. The van der Waals surface area contributed by atoms with Crippen molar-refractivity contribution in [1.82, 2.24) is 0 Å². The van der Waals surface area contributed by atoms with Crippen LogP contribution in [0.4, 0.5) is 5.69 Å². The number of aryl methyl sites for hydroxylation is 1. The highest BCUT2D eigenvalue weighted by molar-refractivity contribution is 6.23. The summed E-state index contributed by atoms with van der Waals surface area (Å²) in [4.78, 5) is 28.9. The Morgan fingerprint density at radius 2 is 1.40 bits per heavy atom. The number of aliphatic hydroxyl groups excluding tert-OH is 1. The second kappa shape index (κ2) is 5.89. The summed E-state index contributed by atoms with van der Waals surface area (Å²) < 4.78 is 0. The lowest BCUT2D eigenvalue weighted by molar-refractivity contribution is -0.124. The Kier molecular flexibility index (Phi) is 3.46. The third-order valence-electron chi connectivity index (χ3n) is 7.34. The van der Waals surface area contributed by atoms with E-state index < -0.39 is 17.3 Å². The fraction of sp³-hybridized carbons (Fsp3) is 0.231. The number of amides is 2. The lowest BCUT2D eigenvalue weighted by atomic mass is 9.47. The molecule has 0 spiro atoms. The number of rotatable bonds is 2. The van der Waals surface area contributed by atoms with Crippen LogP contribution < -0.4 is 4.90 Å². The van der Waals surface area contributed by atoms with Crippen LogP contribution >= 0.6 is 0 Å². The summed E-state index contributed by atoms with van der Waals surface area (Å²) >= 11 is 0. The summed E-state index contributed by atoms with van der Waals surface area (Å²) in [6.07, 6.45) is 0. The van der Waals surface area contributed by atoms with Gasteiger partial charge in [-0.3, -0.25) is 9.59 Å². The van der Waals surface area contributed by atoms with Crippen LogP contribution in [0.5, 0.6) is 0 Å². The van der Waals surface area contributed by atoms with Gasteiger partial charge in [-0.25, -0.2) is 4.90 Å². The number of hydrogen-bond donors (Lipinski definition) is 1. The van der Waals surface area contributed by atoms with Gasteiger partial charge in [0.1, 0.15) is 0 Å². The van der Waals surface area contributed by atoms with Gasteiger partial charge in [0, 0.05) is 5.92 Å². The smallest absolute Gasteiger partial charge is 0.239 e. The van der Waals surface area contributed by atoms with Crippen molar-refractivity contribution in [3.8, 4) is 0 Å². The Balaban J connectivity index is 1.63. The fourth-order valence-electron chi connectivity index (χ4n) is 6.15. The first-order valence-electron chi connectivity index (χ1n) is 10.3. The third-order valence-corrected chi connectivity index (χ3v) is 7.34. The van der Waals surface area contributed by atoms with E-state index in [1.54, 1.807) is 0 Å². The first-order chi connectivity index (χ1) is 14.6. The van der Waals surface area contributed by atoms with Gasteiger partial charge in [0.15, 0.2) is 0 Å². The molecule has 0 saturated carbocycles. The molecule has 1 N–H and O–H groups in total. The van der Waals surface area contributed by atoms with Crippen molar-refractivity contribution in [2.75, 3.05) is 11.5 Å². The lowest BCUT2D eigenvalue weighted by Gasteiger charge is -2.53. The molecule has 2 amide bonds. The maximum Gasteiger partial charge on any atom is 0.239 e. The van der Waals surface area contributed by atoms with Crippen LogP contribution in [0.1, 0.15) is 33.7 Å². The summed E-state index contributed by atoms with van der Waals surface area (Å²) in [5.74, 6) is -1.66. The molecule has 4 nitrogen and oxygen atoms in total. The largest absolute Gasteiger partial charge is 0.395 e. The summed E-state index contributed by atoms with van der Waals surface area (Å²) in [5, 5.41) is 10.8. The van der Waals surface area contributed by atoms with Gasteiger partial charge in [-0.2, -0.15) is 0 Å². The number of anilines is 1. The molecule has 0 radical (unpaired) electrons. The SMILES string of the molecule is Cc1ccc(N2C(=O)[C@@H]3C4c5ccccc5C(CO)(c5ccccc54)[C@H]3C2=O)cc1. The fourth-order valence-corrected chi connectivity index (χ4v) is 6.15. The van der Waals surface area contributed by atoms with E-state index in [1.807, 2.05) is 79.7 Å². The molecule has 30 heavy (non-hydrogen) atoms. The van der Waals surface area contributed by atoms with Crippen molar-refractivity contribution in [2.24, 2.45) is 11.8 Å². The minimum absolute atomic E-state index is 0.166. The molecule has 3 aromatic rings. The van der Waals surface area contributed by atoms with Crippen LogP contribution in [0, 0.1) is 18.8 Å². The number of imide groups is 1. The number of nitrogens with zero attached hydrogens (tertiary/aromatic N) is 1. The van der Waals surface area contributed by atoms with Gasteiger partial charge in [0.25, 0.3) is 0 Å². The average Bonchev–Trinajstić information content (AvgIpc) is 3.05. The number of aliphatic hydroxyl groups is 1. The van der Waals surface area contributed by atoms with E-state index in [2.05, 4.69) is 0 Å². The summed E-state index contributed by atoms with van der Waals surface area (Å²) in [6.45, 7) is 1.76. The third kappa shape index (κ3) is 1.90. The molecular formula is C26H21NO3. The Hall–Kier alpha value is -3.24. The molecule has 1 fully saturated rings. The normalized spacial score (nSPS) is 28.3. The Bertz CT molecular complexity index is 1170. The van der Waals surface area contributed by atoms with Crippen LogP contribution in [0.3, 0.4) is 0 Å². The van der Waals surface area contributed by atoms with Gasteiger partial charge in [-0.1, -0.05) is 66.2 Å². The van der Waals surface area contributed by atoms with Gasteiger partial charge in [0.05, 0.1) is 29.5 Å². The average molecular weight is 395 g/mol. The number of hydrogen-bond acceptors (Lipinski definition) is 3. The molecule has 2 atom stereocenters. The minimum Gasteiger partial charge on any atom is -0.395 e. The van der Waals surface area contributed by atoms with E-state index >= 15 is 0 Å². The predicted octanol–water partition coefficient (Wildman–Crippen LogP) is 3.54. The molecule has 148 valence electrons. The molecule has 1 aliphatic heterocycles. The van der Waals surface area contributed by atoms with Gasteiger partial charge in [-0.15, -0.1) is 0 Å². The number of benzene rings is 3. The molecule has 3 aliphatic carbocycles. The molecule has 4 heteroatoms. The van der Waals surface area contributed by atoms with Crippen LogP contribution in [0.15, 0.2) is 72.8 Å². The zero-order valence-electron chi connectivity index (χ0n) is 16.6. The van der Waals surface area contributed by atoms with Crippen LogP contribution in [0.25, 0.3) is 0 Å². The molecule has 4 aliphatic rings. The van der Waals surface area contributed by atoms with Crippen LogP contribution in [0.2, 0.25) is 0 Å². The van der Waals surface area contributed by atoms with Gasteiger partial charge < -0.3 is 5.11 Å². The first-order valence-corrected chi connectivity index (χ1v) is 10.3. The zero-order chi connectivity index (χ0) is 20.6. The highest BCUT2D eigenvalue weighted by atomic mass is 16.3. The summed E-state index contributed by atoms with van der Waals surface area (Å²) in [5.41, 5.74) is 4.83. The van der Waals surface area contributed by atoms with Gasteiger partial charge in [-0.05, 0) is 41.3 Å². The minimum atomic E-state index is -0.904. The van der Waals surface area contributed by atoms with E-state index in [0.29, 0.717) is 5.69 Å². The quantitative estimate of drug-likeness (QED) is 0.676. The van der Waals surface area contributed by atoms with Crippen molar-refractivity contribution in [3.63, 3.8) is 0 Å². The molecule has 0 aromatic heterocycles. The van der Waals surface area contributed by atoms with Crippen molar-refractivity contribution in [3.05, 3.63) is 101 Å². The number of carbonyl (C=O) groups excluding carboxylic acids is 2. The molecular weight excluding hydrogens is 374 g/mol. The molecule has 1 saturated heterocycles. The van der Waals surface area contributed by atoms with E-state index in [4.69, 9.17) is 0 Å². The number of carbonyl (C=O) groups is 2. The van der Waals surface area contributed by atoms with E-state index in [0.717, 1.165) is 27.8 Å². The molecule has 1 heterocycles. The molecule has 7 rings (SSSR count). The van der Waals surface area contributed by atoms with E-state index in [9.17, 15) is 14.7 Å². The monoisotopic (exact) mass is 395 g/mol. The summed E-state index contributed by atoms with van der Waals surface area (Å²) in [7, 11) is 0. The molecule has 3 aromatic carbocycles. The van der Waals surface area contributed by atoms with Crippen LogP contribution in [-0.4, -0.2) is 23.5 Å². The van der Waals surface area contributed by atoms with E-state index in [-0.39, 0.29) is 24.3 Å². The topological polar surface area (TPSA) is 57.6 Å². The molecule has 0 unspecified atom stereocenters. The van der Waals surface area contributed by atoms with Gasteiger partial charge in [0.2, 0.25) is 11.8 Å². The van der Waals surface area contributed by atoms with Crippen molar-refractivity contribution in [1.29, 1.82) is 0 Å². The van der Waals surface area contributed by atoms with Crippen LogP contribution in [-0.2, 0) is 15.0 Å². The zero-order valence-corrected chi connectivity index (χ0v) is 16.6. The Morgan fingerprint density at radius 3 is 1.97 bits per heavy atom. The van der Waals surface area contributed by atoms with E-state index in [1.165, 1.54) is 4.90 Å². The Labute approximate surface area is 174 Å². The lowest BCUT2D eigenvalue weighted by Crippen LogP contribution is -2.55. The maximum atomic E-state index is 13.8. The Morgan fingerprint density at radius 1 is 0.833 bits per heavy atom. The predicted molar refractivity (Wildman–Crippen MR) is 113 cm³/mol. The highest BCUT2D eigenvalue weighted by Crippen LogP contribution is 2.64. The maximum absolute atomic E-state index is 13.8. The molecule has 2 bridgehead atoms. The second-order valence-electron chi connectivity index (χ2n) is 8.63. The summed E-state index contributed by atoms with van der Waals surface area (Å²) in [6, 6.07) is 23.4. The first kappa shape index (κ1) is 17.6. The highest BCUT2D eigenvalue weighted by Gasteiger charge is 2.68. The van der Waals surface area contributed by atoms with Crippen molar-refractivity contribution >= 4 is 17.5 Å². The van der Waals surface area contributed by atoms with Gasteiger partial charge >= 0.3 is 0 Å². The standard InChI is InChI=1S/C26H21NO3/c1-15-10-12-16(13-11-15)27-24(29)22-21-17-6-2-4-8-19(17)26(14-28,23(22)25(27)30)20-9-5-3-7-18(20)21/h2-13,21-23,28H,14H2,1H3/t21?,22-,23-,26?/m1/s1. The van der Waals surface area contributed by atoms with Crippen molar-refractivity contribution < 1.29 is 14.7 Å². The van der Waals surface area contributed by atoms with Crippen molar-refractivity contribution in [2.45, 2.75) is 18.3 Å².